The first-order chi connectivity index (χ1) is 18.3. The molecule has 1 heterocycles. The highest BCUT2D eigenvalue weighted by Crippen LogP contribution is 2.49. The highest BCUT2D eigenvalue weighted by atomic mass is 32.2. The molecule has 0 radical (unpaired) electrons. The SMILES string of the molecule is CCOC(=O)C1(c2ccc(NC(=O)COc3ccc(S(=O)(=O)N4CCCc5ccccc54)cc3)cc2)CC1. The average molecular weight is 535 g/mol. The summed E-state index contributed by atoms with van der Waals surface area (Å²) in [4.78, 5) is 24.9. The monoisotopic (exact) mass is 534 g/mol. The normalized spacial score (nSPS) is 15.8. The van der Waals surface area contributed by atoms with Crippen molar-refractivity contribution in [3.8, 4) is 5.75 Å². The minimum absolute atomic E-state index is 0.169. The van der Waals surface area contributed by atoms with E-state index in [1.807, 2.05) is 36.4 Å². The van der Waals surface area contributed by atoms with Gasteiger partial charge >= 0.3 is 5.97 Å². The van der Waals surface area contributed by atoms with E-state index in [1.54, 1.807) is 31.2 Å². The van der Waals surface area contributed by atoms with Gasteiger partial charge < -0.3 is 14.8 Å². The minimum atomic E-state index is -3.71. The molecule has 5 rings (SSSR count). The number of anilines is 2. The summed E-state index contributed by atoms with van der Waals surface area (Å²) in [6.45, 7) is 2.34. The predicted molar refractivity (Wildman–Crippen MR) is 144 cm³/mol. The van der Waals surface area contributed by atoms with Crippen LogP contribution in [-0.4, -0.2) is 40.1 Å². The zero-order valence-electron chi connectivity index (χ0n) is 21.2. The number of nitrogens with one attached hydrogen (secondary N) is 1. The number of hydrogen-bond acceptors (Lipinski definition) is 6. The highest BCUT2D eigenvalue weighted by molar-refractivity contribution is 7.92. The Labute approximate surface area is 222 Å². The molecule has 2 aliphatic rings. The molecule has 0 aromatic heterocycles. The molecule has 0 atom stereocenters. The summed E-state index contributed by atoms with van der Waals surface area (Å²) in [5.74, 6) is -0.172. The molecule has 8 nitrogen and oxygen atoms in total. The Hall–Kier alpha value is -3.85. The van der Waals surface area contributed by atoms with Crippen molar-refractivity contribution >= 4 is 33.3 Å². The molecule has 9 heteroatoms. The number of ether oxygens (including phenoxy) is 2. The Balaban J connectivity index is 1.17. The number of rotatable bonds is 9. The minimum Gasteiger partial charge on any atom is -0.484 e. The van der Waals surface area contributed by atoms with Gasteiger partial charge in [0.1, 0.15) is 5.75 Å². The zero-order valence-corrected chi connectivity index (χ0v) is 22.0. The number of benzene rings is 3. The van der Waals surface area contributed by atoms with Gasteiger partial charge in [0, 0.05) is 12.2 Å². The Morgan fingerprint density at radius 2 is 1.68 bits per heavy atom. The lowest BCUT2D eigenvalue weighted by Crippen LogP contribution is -2.35. The molecule has 38 heavy (non-hydrogen) atoms. The van der Waals surface area contributed by atoms with Crippen molar-refractivity contribution in [1.82, 2.24) is 0 Å². The lowest BCUT2D eigenvalue weighted by molar-refractivity contribution is -0.146. The fourth-order valence-electron chi connectivity index (χ4n) is 4.81. The summed E-state index contributed by atoms with van der Waals surface area (Å²) in [5.41, 5.74) is 2.66. The van der Waals surface area contributed by atoms with Crippen molar-refractivity contribution in [3.05, 3.63) is 83.9 Å². The van der Waals surface area contributed by atoms with Crippen molar-refractivity contribution in [2.75, 3.05) is 29.4 Å². The van der Waals surface area contributed by atoms with Gasteiger partial charge in [0.05, 0.1) is 22.6 Å². The third-order valence-corrected chi connectivity index (χ3v) is 8.81. The van der Waals surface area contributed by atoms with Crippen LogP contribution in [0.3, 0.4) is 0 Å². The van der Waals surface area contributed by atoms with E-state index >= 15 is 0 Å². The van der Waals surface area contributed by atoms with Crippen LogP contribution in [0, 0.1) is 0 Å². The fourth-order valence-corrected chi connectivity index (χ4v) is 6.35. The molecule has 0 bridgehead atoms. The first-order valence-corrected chi connectivity index (χ1v) is 14.2. The van der Waals surface area contributed by atoms with Crippen molar-refractivity contribution in [2.24, 2.45) is 0 Å². The van der Waals surface area contributed by atoms with E-state index < -0.39 is 15.4 Å². The average Bonchev–Trinajstić information content (AvgIpc) is 3.75. The van der Waals surface area contributed by atoms with Gasteiger partial charge in [0.2, 0.25) is 0 Å². The van der Waals surface area contributed by atoms with E-state index in [9.17, 15) is 18.0 Å². The molecule has 0 unspecified atom stereocenters. The summed E-state index contributed by atoms with van der Waals surface area (Å²) < 4.78 is 38.8. The Morgan fingerprint density at radius 1 is 0.974 bits per heavy atom. The van der Waals surface area contributed by atoms with E-state index in [0.717, 1.165) is 42.5 Å². The van der Waals surface area contributed by atoms with Crippen molar-refractivity contribution in [2.45, 2.75) is 42.9 Å². The number of hydrogen-bond donors (Lipinski definition) is 1. The van der Waals surface area contributed by atoms with Gasteiger partial charge in [-0.05, 0) is 86.2 Å². The van der Waals surface area contributed by atoms with E-state index in [-0.39, 0.29) is 23.4 Å². The molecule has 1 N–H and O–H groups in total. The molecule has 1 aliphatic heterocycles. The van der Waals surface area contributed by atoms with Gasteiger partial charge in [-0.25, -0.2) is 8.42 Å². The van der Waals surface area contributed by atoms with Crippen molar-refractivity contribution in [3.63, 3.8) is 0 Å². The van der Waals surface area contributed by atoms with Crippen molar-refractivity contribution in [1.29, 1.82) is 0 Å². The van der Waals surface area contributed by atoms with Crippen LogP contribution in [0.4, 0.5) is 11.4 Å². The van der Waals surface area contributed by atoms with Crippen molar-refractivity contribution < 1.29 is 27.5 Å². The molecule has 198 valence electrons. The standard InChI is InChI=1S/C29H30N2O6S/c1-2-36-28(33)29(17-18-29)22-9-11-23(12-10-22)30-27(32)20-37-24-13-15-25(16-14-24)38(34,35)31-19-5-7-21-6-3-4-8-26(21)31/h3-4,6,8-16H,2,5,7,17-20H2,1H3,(H,30,32). The summed E-state index contributed by atoms with van der Waals surface area (Å²) in [6, 6.07) is 20.8. The quantitative estimate of drug-likeness (QED) is 0.407. The van der Waals surface area contributed by atoms with Gasteiger partial charge in [-0.1, -0.05) is 30.3 Å². The molecule has 1 saturated carbocycles. The number of carbonyl (C=O) groups excluding carboxylic acids is 2. The third kappa shape index (κ3) is 5.11. The largest absolute Gasteiger partial charge is 0.484 e. The van der Waals surface area contributed by atoms with Gasteiger partial charge in [-0.15, -0.1) is 0 Å². The van der Waals surface area contributed by atoms with E-state index in [4.69, 9.17) is 9.47 Å². The Bertz CT molecular complexity index is 1430. The number of fused-ring (bicyclic) bond motifs is 1. The number of para-hydroxylation sites is 1. The van der Waals surface area contributed by atoms with Crippen LogP contribution in [-0.2, 0) is 36.2 Å². The Morgan fingerprint density at radius 3 is 2.37 bits per heavy atom. The molecule has 0 saturated heterocycles. The van der Waals surface area contributed by atoms with Crippen LogP contribution < -0.4 is 14.4 Å². The second-order valence-electron chi connectivity index (χ2n) is 9.50. The smallest absolute Gasteiger partial charge is 0.316 e. The molecule has 1 amide bonds. The lowest BCUT2D eigenvalue weighted by Gasteiger charge is -2.30. The first kappa shape index (κ1) is 25.8. The maximum atomic E-state index is 13.3. The molecule has 0 spiro atoms. The maximum Gasteiger partial charge on any atom is 0.316 e. The second kappa shape index (κ2) is 10.5. The summed E-state index contributed by atoms with van der Waals surface area (Å²) in [7, 11) is -3.71. The first-order valence-electron chi connectivity index (χ1n) is 12.7. The maximum absolute atomic E-state index is 13.3. The molecule has 3 aromatic rings. The third-order valence-electron chi connectivity index (χ3n) is 6.99. The number of carbonyl (C=O) groups is 2. The van der Waals surface area contributed by atoms with Gasteiger partial charge in [0.15, 0.2) is 6.61 Å². The number of aryl methyl sites for hydroxylation is 1. The second-order valence-corrected chi connectivity index (χ2v) is 11.4. The number of sulfonamides is 1. The van der Waals surface area contributed by atoms with Crippen LogP contribution in [0.25, 0.3) is 0 Å². The van der Waals surface area contributed by atoms with Gasteiger partial charge in [-0.2, -0.15) is 0 Å². The molecule has 1 aliphatic carbocycles. The topological polar surface area (TPSA) is 102 Å². The molecule has 1 fully saturated rings. The summed E-state index contributed by atoms with van der Waals surface area (Å²) in [6.07, 6.45) is 3.14. The molecular weight excluding hydrogens is 504 g/mol. The van der Waals surface area contributed by atoms with Crippen LogP contribution in [0.15, 0.2) is 77.7 Å². The molecular formula is C29H30N2O6S. The summed E-state index contributed by atoms with van der Waals surface area (Å²) in [5, 5.41) is 2.77. The molecule has 3 aromatic carbocycles. The summed E-state index contributed by atoms with van der Waals surface area (Å²) >= 11 is 0. The number of amides is 1. The van der Waals surface area contributed by atoms with E-state index in [0.29, 0.717) is 24.6 Å². The van der Waals surface area contributed by atoms with Crippen LogP contribution in [0.2, 0.25) is 0 Å². The lowest BCUT2D eigenvalue weighted by atomic mass is 9.96. The number of esters is 1. The number of nitrogens with zero attached hydrogens (tertiary/aromatic N) is 1. The van der Waals surface area contributed by atoms with Crippen LogP contribution in [0.1, 0.15) is 37.3 Å². The Kier molecular flexibility index (Phi) is 7.12. The van der Waals surface area contributed by atoms with E-state index in [1.165, 1.54) is 16.4 Å². The highest BCUT2D eigenvalue weighted by Gasteiger charge is 2.52. The predicted octanol–water partition coefficient (Wildman–Crippen LogP) is 4.44. The van der Waals surface area contributed by atoms with Gasteiger partial charge in [-0.3, -0.25) is 13.9 Å². The fraction of sp³-hybridized carbons (Fsp3) is 0.310. The zero-order chi connectivity index (χ0) is 26.8. The van der Waals surface area contributed by atoms with Crippen LogP contribution in [0.5, 0.6) is 5.75 Å². The van der Waals surface area contributed by atoms with E-state index in [2.05, 4.69) is 5.32 Å². The van der Waals surface area contributed by atoms with Gasteiger partial charge in [0.25, 0.3) is 15.9 Å². The van der Waals surface area contributed by atoms with Crippen LogP contribution >= 0.6 is 0 Å².